The molecule has 8 nitrogen and oxygen atoms in total. The highest BCUT2D eigenvalue weighted by Crippen LogP contribution is 2.27. The van der Waals surface area contributed by atoms with Crippen LogP contribution in [0.25, 0.3) is 0 Å². The monoisotopic (exact) mass is 486 g/mol. The largest absolute Gasteiger partial charge is 0.490 e. The minimum absolute atomic E-state index is 0.163. The molecule has 0 radical (unpaired) electrons. The van der Waals surface area contributed by atoms with Gasteiger partial charge in [-0.25, -0.2) is 5.43 Å². The molecule has 1 N–H and O–H groups in total. The van der Waals surface area contributed by atoms with Crippen molar-refractivity contribution < 1.29 is 14.5 Å². The first-order valence-corrected chi connectivity index (χ1v) is 12.0. The molecule has 0 aliphatic carbocycles. The molecule has 0 aromatic heterocycles. The van der Waals surface area contributed by atoms with Crippen molar-refractivity contribution in [2.75, 3.05) is 20.2 Å². The predicted molar refractivity (Wildman–Crippen MR) is 139 cm³/mol. The fourth-order valence-electron chi connectivity index (χ4n) is 4.48. The van der Waals surface area contributed by atoms with Crippen molar-refractivity contribution in [2.24, 2.45) is 11.0 Å². The lowest BCUT2D eigenvalue weighted by molar-refractivity contribution is -0.385. The molecule has 1 saturated heterocycles. The first-order chi connectivity index (χ1) is 17.5. The average molecular weight is 487 g/mol. The maximum atomic E-state index is 12.4. The van der Waals surface area contributed by atoms with Crippen LogP contribution in [-0.4, -0.2) is 42.1 Å². The van der Waals surface area contributed by atoms with Crippen molar-refractivity contribution in [2.45, 2.75) is 25.8 Å². The van der Waals surface area contributed by atoms with Crippen molar-refractivity contribution in [1.82, 2.24) is 10.3 Å². The van der Waals surface area contributed by atoms with Crippen molar-refractivity contribution in [3.8, 4) is 5.75 Å². The average Bonchev–Trinajstić information content (AvgIpc) is 2.90. The molecule has 36 heavy (non-hydrogen) atoms. The molecule has 0 unspecified atom stereocenters. The lowest BCUT2D eigenvalue weighted by atomic mass is 9.90. The summed E-state index contributed by atoms with van der Waals surface area (Å²) in [6, 6.07) is 22.7. The molecular formula is C28H30N4O4. The molecule has 0 bridgehead atoms. The van der Waals surface area contributed by atoms with Crippen LogP contribution in [0.4, 0.5) is 5.69 Å². The van der Waals surface area contributed by atoms with E-state index in [1.807, 2.05) is 12.1 Å². The van der Waals surface area contributed by atoms with Gasteiger partial charge in [0.05, 0.1) is 18.2 Å². The minimum Gasteiger partial charge on any atom is -0.490 e. The lowest BCUT2D eigenvalue weighted by Gasteiger charge is -2.32. The lowest BCUT2D eigenvalue weighted by Crippen LogP contribution is -2.33. The summed E-state index contributed by atoms with van der Waals surface area (Å²) >= 11 is 0. The summed E-state index contributed by atoms with van der Waals surface area (Å²) in [5.74, 6) is 0.555. The van der Waals surface area contributed by atoms with Crippen LogP contribution >= 0.6 is 0 Å². The highest BCUT2D eigenvalue weighted by atomic mass is 16.6. The van der Waals surface area contributed by atoms with Crippen LogP contribution in [0, 0.1) is 16.0 Å². The molecule has 8 heteroatoms. The Morgan fingerprint density at radius 2 is 1.81 bits per heavy atom. The van der Waals surface area contributed by atoms with Gasteiger partial charge in [-0.2, -0.15) is 5.10 Å². The number of hydrogen-bond donors (Lipinski definition) is 1. The van der Waals surface area contributed by atoms with Crippen molar-refractivity contribution in [3.05, 3.63) is 105 Å². The molecule has 4 rings (SSSR count). The number of nitrogens with zero attached hydrogens (tertiary/aromatic N) is 3. The quantitative estimate of drug-likeness (QED) is 0.266. The molecule has 1 aliphatic heterocycles. The molecule has 1 amide bonds. The molecule has 1 fully saturated rings. The Bertz CT molecular complexity index is 1200. The molecule has 3 aromatic rings. The van der Waals surface area contributed by atoms with Crippen LogP contribution in [0.15, 0.2) is 77.9 Å². The normalized spacial score (nSPS) is 14.6. The van der Waals surface area contributed by atoms with Crippen LogP contribution < -0.4 is 10.2 Å². The van der Waals surface area contributed by atoms with E-state index in [-0.39, 0.29) is 17.3 Å². The van der Waals surface area contributed by atoms with Crippen molar-refractivity contribution in [1.29, 1.82) is 0 Å². The van der Waals surface area contributed by atoms with E-state index in [9.17, 15) is 14.9 Å². The van der Waals surface area contributed by atoms with Gasteiger partial charge in [-0.05, 0) is 73.7 Å². The predicted octanol–water partition coefficient (Wildman–Crippen LogP) is 4.82. The first kappa shape index (κ1) is 25.1. The number of rotatable bonds is 9. The van der Waals surface area contributed by atoms with Gasteiger partial charge in [-0.15, -0.1) is 0 Å². The van der Waals surface area contributed by atoms with Gasteiger partial charge in [0.25, 0.3) is 5.91 Å². The maximum Gasteiger partial charge on any atom is 0.311 e. The third kappa shape index (κ3) is 6.76. The van der Waals surface area contributed by atoms with Gasteiger partial charge >= 0.3 is 5.69 Å². The van der Waals surface area contributed by atoms with E-state index in [4.69, 9.17) is 4.74 Å². The van der Waals surface area contributed by atoms with Gasteiger partial charge in [-0.1, -0.05) is 42.5 Å². The van der Waals surface area contributed by atoms with E-state index in [1.165, 1.54) is 49.4 Å². The molecule has 0 spiro atoms. The molecule has 0 saturated carbocycles. The summed E-state index contributed by atoms with van der Waals surface area (Å²) in [7, 11) is 1.37. The second-order valence-electron chi connectivity index (χ2n) is 8.99. The Labute approximate surface area is 210 Å². The highest BCUT2D eigenvalue weighted by Gasteiger charge is 2.19. The van der Waals surface area contributed by atoms with Crippen LogP contribution in [-0.2, 0) is 13.0 Å². The van der Waals surface area contributed by atoms with Gasteiger partial charge in [0.2, 0.25) is 0 Å². The Balaban J connectivity index is 1.25. The number of ether oxygens (including phenoxy) is 1. The topological polar surface area (TPSA) is 97.1 Å². The fourth-order valence-corrected chi connectivity index (χ4v) is 4.48. The van der Waals surface area contributed by atoms with Crippen LogP contribution in [0.2, 0.25) is 0 Å². The van der Waals surface area contributed by atoms with Gasteiger partial charge in [0.15, 0.2) is 5.75 Å². The number of hydrazone groups is 1. The first-order valence-electron chi connectivity index (χ1n) is 12.0. The summed E-state index contributed by atoms with van der Waals surface area (Å²) in [6.07, 6.45) is 4.91. The number of nitro benzene ring substituents is 1. The molecule has 0 atom stereocenters. The zero-order chi connectivity index (χ0) is 25.3. The Morgan fingerprint density at radius 3 is 2.47 bits per heavy atom. The Hall–Kier alpha value is -4.04. The van der Waals surface area contributed by atoms with E-state index in [2.05, 4.69) is 45.8 Å². The number of amides is 1. The number of nitro groups is 1. The molecule has 1 aliphatic rings. The van der Waals surface area contributed by atoms with Crippen LogP contribution in [0.5, 0.6) is 5.75 Å². The zero-order valence-corrected chi connectivity index (χ0v) is 20.3. The molecule has 3 aromatic carbocycles. The summed E-state index contributed by atoms with van der Waals surface area (Å²) in [6.45, 7) is 3.03. The molecular weight excluding hydrogens is 456 g/mol. The zero-order valence-electron chi connectivity index (χ0n) is 20.3. The summed E-state index contributed by atoms with van der Waals surface area (Å²) in [5, 5.41) is 15.1. The van der Waals surface area contributed by atoms with Gasteiger partial charge in [0, 0.05) is 23.7 Å². The smallest absolute Gasteiger partial charge is 0.311 e. The van der Waals surface area contributed by atoms with Crippen molar-refractivity contribution >= 4 is 17.8 Å². The molecule has 186 valence electrons. The summed E-state index contributed by atoms with van der Waals surface area (Å²) in [5.41, 5.74) is 5.87. The number of piperidine rings is 1. The number of carbonyl (C=O) groups is 1. The molecule has 1 heterocycles. The number of carbonyl (C=O) groups excluding carboxylic acids is 1. The van der Waals surface area contributed by atoms with E-state index in [0.29, 0.717) is 11.1 Å². The second-order valence-corrected chi connectivity index (χ2v) is 8.99. The number of benzene rings is 3. The highest BCUT2D eigenvalue weighted by molar-refractivity contribution is 5.95. The number of methoxy groups -OCH3 is 1. The van der Waals surface area contributed by atoms with E-state index in [1.54, 1.807) is 18.2 Å². The van der Waals surface area contributed by atoms with E-state index in [0.717, 1.165) is 32.0 Å². The maximum absolute atomic E-state index is 12.4. The summed E-state index contributed by atoms with van der Waals surface area (Å²) in [4.78, 5) is 25.5. The number of hydrogen-bond acceptors (Lipinski definition) is 6. The minimum atomic E-state index is -0.525. The SMILES string of the molecule is COc1ccc(/C=N\NC(=O)c2ccc(CN3CCC(Cc4ccccc4)CC3)cc2)cc1[N+](=O)[O-]. The summed E-state index contributed by atoms with van der Waals surface area (Å²) < 4.78 is 4.99. The van der Waals surface area contributed by atoms with Crippen LogP contribution in [0.1, 0.15) is 39.9 Å². The third-order valence-corrected chi connectivity index (χ3v) is 6.48. The Kier molecular flexibility index (Phi) is 8.41. The Morgan fingerprint density at radius 1 is 1.08 bits per heavy atom. The van der Waals surface area contributed by atoms with Crippen LogP contribution in [0.3, 0.4) is 0 Å². The van der Waals surface area contributed by atoms with E-state index >= 15 is 0 Å². The number of likely N-dealkylation sites (tertiary alicyclic amines) is 1. The number of nitrogens with one attached hydrogen (secondary N) is 1. The van der Waals surface area contributed by atoms with Gasteiger partial charge < -0.3 is 4.74 Å². The van der Waals surface area contributed by atoms with E-state index < -0.39 is 4.92 Å². The van der Waals surface area contributed by atoms with Crippen molar-refractivity contribution in [3.63, 3.8) is 0 Å². The second kappa shape index (κ2) is 12.1. The van der Waals surface area contributed by atoms with Gasteiger partial charge in [0.1, 0.15) is 0 Å². The third-order valence-electron chi connectivity index (χ3n) is 6.48. The fraction of sp³-hybridized carbons (Fsp3) is 0.286. The standard InChI is InChI=1S/C28H30N4O4/c1-36-27-12-9-24(18-26(27)32(34)35)19-29-30-28(33)25-10-7-23(8-11-25)20-31-15-13-22(14-16-31)17-21-5-3-2-4-6-21/h2-12,18-19,22H,13-17,20H2,1H3,(H,30,33)/b29-19-. The van der Waals surface area contributed by atoms with Gasteiger partial charge in [-0.3, -0.25) is 19.8 Å².